The molecule has 0 spiro atoms. The van der Waals surface area contributed by atoms with Crippen LogP contribution in [0.3, 0.4) is 0 Å². The fraction of sp³-hybridized carbons (Fsp3) is 0.400. The number of nitrogens with one attached hydrogen (secondary N) is 1. The lowest BCUT2D eigenvalue weighted by atomic mass is 10.0. The second-order valence-electron chi connectivity index (χ2n) is 7.25. The van der Waals surface area contributed by atoms with Gasteiger partial charge in [-0.15, -0.1) is 0 Å². The van der Waals surface area contributed by atoms with Gasteiger partial charge >= 0.3 is 0 Å². The van der Waals surface area contributed by atoms with Crippen LogP contribution in [0, 0.1) is 5.92 Å². The zero-order valence-corrected chi connectivity index (χ0v) is 17.3. The molecule has 3 N–H and O–H groups in total. The van der Waals surface area contributed by atoms with Gasteiger partial charge in [-0.05, 0) is 54.3 Å². The summed E-state index contributed by atoms with van der Waals surface area (Å²) in [6, 6.07) is 9.85. The van der Waals surface area contributed by atoms with Gasteiger partial charge in [0.05, 0.1) is 27.5 Å². The predicted molar refractivity (Wildman–Crippen MR) is 113 cm³/mol. The highest BCUT2D eigenvalue weighted by Gasteiger charge is 2.26. The molecule has 6 heteroatoms. The first-order valence-electron chi connectivity index (χ1n) is 8.86. The van der Waals surface area contributed by atoms with E-state index in [1.165, 1.54) is 0 Å². The standard InChI is InChI=1S/C20H24Cl3N3/c1-12(2)5-6-26-11-14-7-15(21)9-18(24)20(14)25-10-19(26)13-3-4-16(22)17(23)8-13/h3-4,7-9,12,19,25H,5-6,10-11,24H2,1-2H3. The fourth-order valence-electron chi connectivity index (χ4n) is 3.39. The lowest BCUT2D eigenvalue weighted by Gasteiger charge is -2.31. The van der Waals surface area contributed by atoms with Gasteiger partial charge in [-0.2, -0.15) is 0 Å². The Morgan fingerprint density at radius 1 is 1.15 bits per heavy atom. The van der Waals surface area contributed by atoms with Gasteiger partial charge in [0, 0.05) is 18.1 Å². The summed E-state index contributed by atoms with van der Waals surface area (Å²) in [5.74, 6) is 0.629. The van der Waals surface area contributed by atoms with Crippen LogP contribution in [-0.2, 0) is 6.54 Å². The molecule has 1 heterocycles. The lowest BCUT2D eigenvalue weighted by Crippen LogP contribution is -2.32. The molecule has 26 heavy (non-hydrogen) atoms. The van der Waals surface area contributed by atoms with Crippen LogP contribution in [0.25, 0.3) is 0 Å². The SMILES string of the molecule is CC(C)CCN1Cc2cc(Cl)cc(N)c2NCC1c1ccc(Cl)c(Cl)c1. The number of nitrogen functional groups attached to an aromatic ring is 1. The molecule has 0 aromatic heterocycles. The smallest absolute Gasteiger partial charge is 0.0621 e. The molecule has 1 unspecified atom stereocenters. The summed E-state index contributed by atoms with van der Waals surface area (Å²) in [5.41, 5.74) is 10.1. The number of benzene rings is 2. The number of fused-ring (bicyclic) bond motifs is 1. The first-order chi connectivity index (χ1) is 12.3. The highest BCUT2D eigenvalue weighted by Crippen LogP contribution is 2.36. The average molecular weight is 413 g/mol. The molecule has 0 bridgehead atoms. The van der Waals surface area contributed by atoms with Crippen LogP contribution in [0.4, 0.5) is 11.4 Å². The van der Waals surface area contributed by atoms with Gasteiger partial charge in [0.15, 0.2) is 0 Å². The van der Waals surface area contributed by atoms with Crippen molar-refractivity contribution in [1.29, 1.82) is 0 Å². The summed E-state index contributed by atoms with van der Waals surface area (Å²) >= 11 is 18.6. The van der Waals surface area contributed by atoms with E-state index in [0.717, 1.165) is 42.9 Å². The minimum Gasteiger partial charge on any atom is -0.397 e. The molecule has 0 radical (unpaired) electrons. The summed E-state index contributed by atoms with van der Waals surface area (Å²) in [5, 5.41) is 5.34. The van der Waals surface area contributed by atoms with Crippen molar-refractivity contribution in [1.82, 2.24) is 4.90 Å². The summed E-state index contributed by atoms with van der Waals surface area (Å²) < 4.78 is 0. The molecule has 1 aliphatic heterocycles. The van der Waals surface area contributed by atoms with Crippen LogP contribution >= 0.6 is 34.8 Å². The average Bonchev–Trinajstić information content (AvgIpc) is 2.75. The molecule has 2 aromatic rings. The molecule has 0 amide bonds. The Balaban J connectivity index is 1.97. The Hall–Kier alpha value is -1.13. The first-order valence-corrected chi connectivity index (χ1v) is 9.99. The number of rotatable bonds is 4. The Bertz CT molecular complexity index is 792. The van der Waals surface area contributed by atoms with Gasteiger partial charge in [0.2, 0.25) is 0 Å². The quantitative estimate of drug-likeness (QED) is 0.584. The monoisotopic (exact) mass is 411 g/mol. The Morgan fingerprint density at radius 2 is 1.92 bits per heavy atom. The third-order valence-electron chi connectivity index (χ3n) is 4.82. The molecule has 3 rings (SSSR count). The van der Waals surface area contributed by atoms with E-state index in [0.29, 0.717) is 26.7 Å². The molecular weight excluding hydrogens is 389 g/mol. The molecule has 140 valence electrons. The van der Waals surface area contributed by atoms with Crippen molar-refractivity contribution in [3.05, 3.63) is 56.5 Å². The van der Waals surface area contributed by atoms with Crippen molar-refractivity contribution in [2.45, 2.75) is 32.9 Å². The number of nitrogens with zero attached hydrogens (tertiary/aromatic N) is 1. The third-order valence-corrected chi connectivity index (χ3v) is 5.78. The second-order valence-corrected chi connectivity index (χ2v) is 8.50. The van der Waals surface area contributed by atoms with Crippen molar-refractivity contribution in [2.24, 2.45) is 5.92 Å². The van der Waals surface area contributed by atoms with E-state index < -0.39 is 0 Å². The van der Waals surface area contributed by atoms with Gasteiger partial charge in [0.25, 0.3) is 0 Å². The first kappa shape index (κ1) is 19.6. The van der Waals surface area contributed by atoms with Gasteiger partial charge < -0.3 is 11.1 Å². The van der Waals surface area contributed by atoms with E-state index in [2.05, 4.69) is 30.1 Å². The third kappa shape index (κ3) is 4.40. The van der Waals surface area contributed by atoms with Crippen LogP contribution in [0.2, 0.25) is 15.1 Å². The number of nitrogens with two attached hydrogens (primary N) is 1. The summed E-state index contributed by atoms with van der Waals surface area (Å²) in [6.07, 6.45) is 1.11. The van der Waals surface area contributed by atoms with Gasteiger partial charge in [-0.3, -0.25) is 4.90 Å². The van der Waals surface area contributed by atoms with Crippen molar-refractivity contribution < 1.29 is 0 Å². The van der Waals surface area contributed by atoms with Crippen LogP contribution in [0.1, 0.15) is 37.4 Å². The van der Waals surface area contributed by atoms with Crippen LogP contribution in [-0.4, -0.2) is 18.0 Å². The summed E-state index contributed by atoms with van der Waals surface area (Å²) in [6.45, 7) is 7.00. The van der Waals surface area contributed by atoms with E-state index in [1.807, 2.05) is 18.2 Å². The van der Waals surface area contributed by atoms with Crippen molar-refractivity contribution >= 4 is 46.2 Å². The van der Waals surface area contributed by atoms with Gasteiger partial charge in [-0.25, -0.2) is 0 Å². The molecule has 3 nitrogen and oxygen atoms in total. The number of hydrogen-bond donors (Lipinski definition) is 2. The van der Waals surface area contributed by atoms with E-state index in [4.69, 9.17) is 40.5 Å². The zero-order chi connectivity index (χ0) is 18.8. The minimum atomic E-state index is 0.175. The molecule has 1 atom stereocenters. The highest BCUT2D eigenvalue weighted by atomic mass is 35.5. The fourth-order valence-corrected chi connectivity index (χ4v) is 3.95. The number of hydrogen-bond acceptors (Lipinski definition) is 3. The zero-order valence-electron chi connectivity index (χ0n) is 15.0. The topological polar surface area (TPSA) is 41.3 Å². The molecule has 0 aliphatic carbocycles. The lowest BCUT2D eigenvalue weighted by molar-refractivity contribution is 0.189. The van der Waals surface area contributed by atoms with Gasteiger partial charge in [-0.1, -0.05) is 54.7 Å². The summed E-state index contributed by atoms with van der Waals surface area (Å²) in [7, 11) is 0. The highest BCUT2D eigenvalue weighted by molar-refractivity contribution is 6.42. The molecule has 2 aromatic carbocycles. The summed E-state index contributed by atoms with van der Waals surface area (Å²) in [4.78, 5) is 2.47. The van der Waals surface area contributed by atoms with Crippen LogP contribution < -0.4 is 11.1 Å². The largest absolute Gasteiger partial charge is 0.397 e. The Kier molecular flexibility index (Phi) is 6.24. The number of anilines is 2. The molecule has 0 saturated heterocycles. The maximum Gasteiger partial charge on any atom is 0.0621 e. The Labute approximate surface area is 170 Å². The normalized spacial score (nSPS) is 17.7. The molecule has 0 saturated carbocycles. The maximum absolute atomic E-state index is 6.28. The van der Waals surface area contributed by atoms with E-state index in [-0.39, 0.29) is 6.04 Å². The predicted octanol–water partition coefficient (Wildman–Crippen LogP) is 6.24. The van der Waals surface area contributed by atoms with E-state index in [9.17, 15) is 0 Å². The minimum absolute atomic E-state index is 0.175. The molecule has 1 aliphatic rings. The maximum atomic E-state index is 6.28. The molecule has 0 fully saturated rings. The van der Waals surface area contributed by atoms with Crippen molar-refractivity contribution in [3.63, 3.8) is 0 Å². The van der Waals surface area contributed by atoms with E-state index >= 15 is 0 Å². The second kappa shape index (κ2) is 8.26. The van der Waals surface area contributed by atoms with Crippen molar-refractivity contribution in [3.8, 4) is 0 Å². The number of halogens is 3. The Morgan fingerprint density at radius 3 is 2.62 bits per heavy atom. The van der Waals surface area contributed by atoms with E-state index in [1.54, 1.807) is 6.07 Å². The molecular formula is C20H24Cl3N3. The van der Waals surface area contributed by atoms with Crippen molar-refractivity contribution in [2.75, 3.05) is 24.1 Å². The van der Waals surface area contributed by atoms with Crippen LogP contribution in [0.15, 0.2) is 30.3 Å². The van der Waals surface area contributed by atoms with Crippen LogP contribution in [0.5, 0.6) is 0 Å². The van der Waals surface area contributed by atoms with Gasteiger partial charge in [0.1, 0.15) is 0 Å².